The van der Waals surface area contributed by atoms with E-state index in [0.29, 0.717) is 19.8 Å². The second-order valence-electron chi connectivity index (χ2n) is 5.65. The van der Waals surface area contributed by atoms with Crippen molar-refractivity contribution in [1.29, 1.82) is 0 Å². The van der Waals surface area contributed by atoms with E-state index in [1.54, 1.807) is 6.92 Å². The lowest BCUT2D eigenvalue weighted by Crippen LogP contribution is -2.46. The van der Waals surface area contributed by atoms with Gasteiger partial charge in [0, 0.05) is 20.0 Å². The highest BCUT2D eigenvalue weighted by molar-refractivity contribution is 5.74. The molecule has 1 heterocycles. The van der Waals surface area contributed by atoms with Crippen LogP contribution < -0.4 is 0 Å². The molecule has 1 aliphatic rings. The fraction of sp³-hybridized carbons (Fsp3) is 0.562. The van der Waals surface area contributed by atoms with Crippen molar-refractivity contribution in [1.82, 2.24) is 9.80 Å². The van der Waals surface area contributed by atoms with E-state index in [0.717, 1.165) is 13.0 Å². The van der Waals surface area contributed by atoms with E-state index >= 15 is 0 Å². The summed E-state index contributed by atoms with van der Waals surface area (Å²) in [4.78, 5) is 15.8. The third-order valence-electron chi connectivity index (χ3n) is 3.75. The molecule has 1 amide bonds. The van der Waals surface area contributed by atoms with Crippen molar-refractivity contribution < 1.29 is 9.53 Å². The predicted octanol–water partition coefficient (Wildman–Crippen LogP) is 1.54. The maximum atomic E-state index is 11.8. The van der Waals surface area contributed by atoms with Crippen molar-refractivity contribution in [3.05, 3.63) is 35.4 Å². The third-order valence-corrected chi connectivity index (χ3v) is 3.75. The smallest absolute Gasteiger partial charge is 0.220 e. The molecule has 1 unspecified atom stereocenters. The van der Waals surface area contributed by atoms with Gasteiger partial charge >= 0.3 is 0 Å². The third kappa shape index (κ3) is 3.81. The summed E-state index contributed by atoms with van der Waals surface area (Å²) in [6.07, 6.45) is 0.887. The Labute approximate surface area is 121 Å². The Morgan fingerprint density at radius 2 is 2.05 bits per heavy atom. The zero-order chi connectivity index (χ0) is 14.5. The first kappa shape index (κ1) is 15.0. The van der Waals surface area contributed by atoms with Gasteiger partial charge in [-0.3, -0.25) is 4.79 Å². The van der Waals surface area contributed by atoms with E-state index in [4.69, 9.17) is 4.74 Å². The Morgan fingerprint density at radius 1 is 1.35 bits per heavy atom. The first-order chi connectivity index (χ1) is 9.58. The standard InChI is InChI=1S/C16H24N2O2/c1-13(19)18-11-15-7-5-4-6-14(15)10-16(18)12-20-9-8-17(2)3/h4-7,16H,8-12H2,1-3H3. The van der Waals surface area contributed by atoms with Crippen molar-refractivity contribution in [3.8, 4) is 0 Å². The summed E-state index contributed by atoms with van der Waals surface area (Å²) in [5.74, 6) is 0.126. The van der Waals surface area contributed by atoms with Crippen LogP contribution in [-0.2, 0) is 22.5 Å². The quantitative estimate of drug-likeness (QED) is 0.765. The number of carbonyl (C=O) groups excluding carboxylic acids is 1. The number of nitrogens with zero attached hydrogens (tertiary/aromatic N) is 2. The fourth-order valence-electron chi connectivity index (χ4n) is 2.57. The van der Waals surface area contributed by atoms with Gasteiger partial charge in [0.1, 0.15) is 0 Å². The van der Waals surface area contributed by atoms with Gasteiger partial charge in [-0.05, 0) is 31.6 Å². The molecule has 0 radical (unpaired) electrons. The van der Waals surface area contributed by atoms with Crippen molar-refractivity contribution >= 4 is 5.91 Å². The van der Waals surface area contributed by atoms with Crippen LogP contribution in [0.1, 0.15) is 18.1 Å². The van der Waals surface area contributed by atoms with Gasteiger partial charge in [0.25, 0.3) is 0 Å². The average Bonchev–Trinajstić information content (AvgIpc) is 2.42. The number of benzene rings is 1. The van der Waals surface area contributed by atoms with Gasteiger partial charge in [0.2, 0.25) is 5.91 Å². The number of hydrogen-bond acceptors (Lipinski definition) is 3. The topological polar surface area (TPSA) is 32.8 Å². The molecule has 1 aromatic rings. The van der Waals surface area contributed by atoms with Crippen LogP contribution in [-0.4, -0.2) is 55.6 Å². The van der Waals surface area contributed by atoms with Crippen molar-refractivity contribution in [2.75, 3.05) is 33.9 Å². The molecule has 2 rings (SSSR count). The fourth-order valence-corrected chi connectivity index (χ4v) is 2.57. The molecule has 0 N–H and O–H groups in total. The van der Waals surface area contributed by atoms with E-state index in [9.17, 15) is 4.79 Å². The molecule has 4 nitrogen and oxygen atoms in total. The lowest BCUT2D eigenvalue weighted by molar-refractivity contribution is -0.133. The number of fused-ring (bicyclic) bond motifs is 1. The monoisotopic (exact) mass is 276 g/mol. The lowest BCUT2D eigenvalue weighted by Gasteiger charge is -2.36. The van der Waals surface area contributed by atoms with E-state index in [1.165, 1.54) is 11.1 Å². The molecule has 0 aliphatic carbocycles. The van der Waals surface area contributed by atoms with Gasteiger partial charge < -0.3 is 14.5 Å². The first-order valence-corrected chi connectivity index (χ1v) is 7.14. The molecule has 0 aromatic heterocycles. The highest BCUT2D eigenvalue weighted by Gasteiger charge is 2.27. The summed E-state index contributed by atoms with van der Waals surface area (Å²) in [5, 5.41) is 0. The Hall–Kier alpha value is -1.39. The molecule has 20 heavy (non-hydrogen) atoms. The molecule has 0 bridgehead atoms. The van der Waals surface area contributed by atoms with E-state index in [2.05, 4.69) is 23.1 Å². The van der Waals surface area contributed by atoms with Crippen LogP contribution >= 0.6 is 0 Å². The zero-order valence-corrected chi connectivity index (χ0v) is 12.6. The van der Waals surface area contributed by atoms with E-state index in [-0.39, 0.29) is 11.9 Å². The maximum absolute atomic E-state index is 11.8. The van der Waals surface area contributed by atoms with Crippen LogP contribution in [0.15, 0.2) is 24.3 Å². The van der Waals surface area contributed by atoms with Gasteiger partial charge in [-0.2, -0.15) is 0 Å². The van der Waals surface area contributed by atoms with Gasteiger partial charge in [-0.15, -0.1) is 0 Å². The normalized spacial score (nSPS) is 18.2. The molecule has 0 spiro atoms. The summed E-state index contributed by atoms with van der Waals surface area (Å²) < 4.78 is 5.74. The molecule has 1 aliphatic heterocycles. The number of likely N-dealkylation sites (N-methyl/N-ethyl adjacent to an activating group) is 1. The zero-order valence-electron chi connectivity index (χ0n) is 12.6. The summed E-state index contributed by atoms with van der Waals surface area (Å²) in [6, 6.07) is 8.51. The maximum Gasteiger partial charge on any atom is 0.220 e. The van der Waals surface area contributed by atoms with Crippen LogP contribution in [0.25, 0.3) is 0 Å². The highest BCUT2D eigenvalue weighted by atomic mass is 16.5. The molecule has 4 heteroatoms. The van der Waals surface area contributed by atoms with Gasteiger partial charge in [0.05, 0.1) is 19.3 Å². The van der Waals surface area contributed by atoms with Crippen LogP contribution in [0.4, 0.5) is 0 Å². The number of amides is 1. The average molecular weight is 276 g/mol. The summed E-state index contributed by atoms with van der Waals surface area (Å²) >= 11 is 0. The largest absolute Gasteiger partial charge is 0.378 e. The van der Waals surface area contributed by atoms with Crippen molar-refractivity contribution in [2.24, 2.45) is 0 Å². The minimum absolute atomic E-state index is 0.126. The van der Waals surface area contributed by atoms with Crippen LogP contribution in [0, 0.1) is 0 Å². The van der Waals surface area contributed by atoms with E-state index in [1.807, 2.05) is 25.1 Å². The highest BCUT2D eigenvalue weighted by Crippen LogP contribution is 2.23. The summed E-state index contributed by atoms with van der Waals surface area (Å²) in [6.45, 7) is 4.57. The second-order valence-corrected chi connectivity index (χ2v) is 5.65. The number of ether oxygens (including phenoxy) is 1. The summed E-state index contributed by atoms with van der Waals surface area (Å²) in [5.41, 5.74) is 2.60. The molecule has 0 saturated carbocycles. The Kier molecular flexibility index (Phi) is 5.15. The molecular weight excluding hydrogens is 252 g/mol. The van der Waals surface area contributed by atoms with Crippen molar-refractivity contribution in [3.63, 3.8) is 0 Å². The first-order valence-electron chi connectivity index (χ1n) is 7.14. The number of rotatable bonds is 5. The second kappa shape index (κ2) is 6.86. The number of carbonyl (C=O) groups is 1. The Morgan fingerprint density at radius 3 is 2.70 bits per heavy atom. The molecule has 1 atom stereocenters. The Bertz CT molecular complexity index is 460. The molecule has 1 aromatic carbocycles. The number of hydrogen-bond donors (Lipinski definition) is 0. The minimum Gasteiger partial charge on any atom is -0.378 e. The molecular formula is C16H24N2O2. The molecule has 0 fully saturated rings. The van der Waals surface area contributed by atoms with Gasteiger partial charge in [-0.25, -0.2) is 0 Å². The summed E-state index contributed by atoms with van der Waals surface area (Å²) in [7, 11) is 4.06. The van der Waals surface area contributed by atoms with Crippen molar-refractivity contribution in [2.45, 2.75) is 25.9 Å². The van der Waals surface area contributed by atoms with Crippen LogP contribution in [0.2, 0.25) is 0 Å². The van der Waals surface area contributed by atoms with Crippen LogP contribution in [0.3, 0.4) is 0 Å². The van der Waals surface area contributed by atoms with Crippen LogP contribution in [0.5, 0.6) is 0 Å². The molecule has 0 saturated heterocycles. The molecule has 110 valence electrons. The lowest BCUT2D eigenvalue weighted by atomic mass is 9.94. The minimum atomic E-state index is 0.126. The Balaban J connectivity index is 1.97. The van der Waals surface area contributed by atoms with Gasteiger partial charge in [0.15, 0.2) is 0 Å². The predicted molar refractivity (Wildman–Crippen MR) is 79.5 cm³/mol. The van der Waals surface area contributed by atoms with Gasteiger partial charge in [-0.1, -0.05) is 24.3 Å². The SMILES string of the molecule is CC(=O)N1Cc2ccccc2CC1COCCN(C)C. The van der Waals surface area contributed by atoms with E-state index < -0.39 is 0 Å².